The lowest BCUT2D eigenvalue weighted by Gasteiger charge is -2.05. The van der Waals surface area contributed by atoms with Crippen LogP contribution >= 0.6 is 0 Å². The van der Waals surface area contributed by atoms with Crippen LogP contribution in [-0.4, -0.2) is 41.2 Å². The van der Waals surface area contributed by atoms with Crippen LogP contribution in [0, 0.1) is 0 Å². The van der Waals surface area contributed by atoms with Crippen molar-refractivity contribution in [2.24, 2.45) is 7.05 Å². The zero-order valence-corrected chi connectivity index (χ0v) is 12.2. The van der Waals surface area contributed by atoms with Crippen molar-refractivity contribution >= 4 is 21.9 Å². The van der Waals surface area contributed by atoms with Gasteiger partial charge >= 0.3 is 5.97 Å². The predicted molar refractivity (Wildman–Crippen MR) is 72.0 cm³/mol. The summed E-state index contributed by atoms with van der Waals surface area (Å²) < 4.78 is 31.1. The van der Waals surface area contributed by atoms with Gasteiger partial charge in [-0.15, -0.1) is 5.10 Å². The lowest BCUT2D eigenvalue weighted by atomic mass is 10.2. The van der Waals surface area contributed by atoms with Crippen LogP contribution in [0.25, 0.3) is 0 Å². The summed E-state index contributed by atoms with van der Waals surface area (Å²) in [7, 11) is -2.32. The number of carbonyl (C=O) groups is 1. The summed E-state index contributed by atoms with van der Waals surface area (Å²) in [6.45, 7) is 1.94. The number of ether oxygens (including phenoxy) is 1. The van der Waals surface area contributed by atoms with Crippen molar-refractivity contribution in [1.82, 2.24) is 20.2 Å². The van der Waals surface area contributed by atoms with E-state index < -0.39 is 16.0 Å². The Bertz CT molecular complexity index is 738. The number of tetrazole rings is 1. The third kappa shape index (κ3) is 3.54. The molecule has 0 radical (unpaired) electrons. The minimum absolute atomic E-state index is 0.0250. The molecule has 1 heterocycles. The number of aromatic nitrogens is 4. The molecular formula is C11H13N5O4S. The molecule has 2 aromatic rings. The summed E-state index contributed by atoms with van der Waals surface area (Å²) in [5.41, 5.74) is 0.272. The molecule has 0 saturated heterocycles. The normalized spacial score (nSPS) is 11.1. The number of nitrogens with one attached hydrogen (secondary N) is 1. The van der Waals surface area contributed by atoms with Gasteiger partial charge in [0.05, 0.1) is 24.1 Å². The Labute approximate surface area is 121 Å². The molecule has 0 atom stereocenters. The van der Waals surface area contributed by atoms with Crippen molar-refractivity contribution in [2.45, 2.75) is 11.8 Å². The van der Waals surface area contributed by atoms with Gasteiger partial charge in [0.2, 0.25) is 0 Å². The molecule has 0 amide bonds. The standard InChI is InChI=1S/C11H13N5O4S/c1-3-20-10(17)8-4-6-9(7-5-8)21(18,19)14-11-12-15-16(2)13-11/h4-7H,3H2,1-2H3,(H,13,14). The van der Waals surface area contributed by atoms with Crippen LogP contribution in [0.5, 0.6) is 0 Å². The van der Waals surface area contributed by atoms with E-state index in [-0.39, 0.29) is 23.0 Å². The van der Waals surface area contributed by atoms with E-state index in [1.165, 1.54) is 31.3 Å². The smallest absolute Gasteiger partial charge is 0.338 e. The summed E-state index contributed by atoms with van der Waals surface area (Å²) in [5, 5.41) is 10.8. The van der Waals surface area contributed by atoms with Crippen molar-refractivity contribution in [3.8, 4) is 0 Å². The zero-order valence-electron chi connectivity index (χ0n) is 11.3. The van der Waals surface area contributed by atoms with Crippen LogP contribution in [0.15, 0.2) is 29.2 Å². The largest absolute Gasteiger partial charge is 0.462 e. The lowest BCUT2D eigenvalue weighted by molar-refractivity contribution is 0.0526. The molecule has 0 aliphatic heterocycles. The van der Waals surface area contributed by atoms with E-state index in [0.717, 1.165) is 4.80 Å². The Morgan fingerprint density at radius 1 is 1.33 bits per heavy atom. The molecule has 0 aliphatic rings. The topological polar surface area (TPSA) is 116 Å². The number of anilines is 1. The molecule has 1 aromatic carbocycles. The fourth-order valence-corrected chi connectivity index (χ4v) is 2.42. The molecule has 21 heavy (non-hydrogen) atoms. The van der Waals surface area contributed by atoms with Crippen molar-refractivity contribution < 1.29 is 17.9 Å². The maximum atomic E-state index is 12.1. The fraction of sp³-hybridized carbons (Fsp3) is 0.273. The minimum atomic E-state index is -3.84. The van der Waals surface area contributed by atoms with Crippen LogP contribution in [0.2, 0.25) is 0 Å². The second-order valence-electron chi connectivity index (χ2n) is 3.95. The Balaban J connectivity index is 2.19. The third-order valence-corrected chi connectivity index (χ3v) is 3.75. The van der Waals surface area contributed by atoms with Gasteiger partial charge in [0.1, 0.15) is 0 Å². The second-order valence-corrected chi connectivity index (χ2v) is 5.64. The van der Waals surface area contributed by atoms with Crippen molar-refractivity contribution in [2.75, 3.05) is 11.3 Å². The van der Waals surface area contributed by atoms with E-state index in [1.54, 1.807) is 6.92 Å². The number of benzene rings is 1. The monoisotopic (exact) mass is 311 g/mol. The Morgan fingerprint density at radius 3 is 2.52 bits per heavy atom. The lowest BCUT2D eigenvalue weighted by Crippen LogP contribution is -2.14. The number of esters is 1. The van der Waals surface area contributed by atoms with Crippen LogP contribution in [-0.2, 0) is 21.8 Å². The first-order valence-corrected chi connectivity index (χ1v) is 7.44. The third-order valence-electron chi connectivity index (χ3n) is 2.41. The first-order chi connectivity index (χ1) is 9.92. The molecule has 10 heteroatoms. The molecule has 1 aromatic heterocycles. The number of hydrogen-bond donors (Lipinski definition) is 1. The second kappa shape index (κ2) is 5.87. The molecule has 9 nitrogen and oxygen atoms in total. The maximum Gasteiger partial charge on any atom is 0.338 e. The average molecular weight is 311 g/mol. The quantitative estimate of drug-likeness (QED) is 0.783. The number of rotatable bonds is 5. The number of carbonyl (C=O) groups excluding carboxylic acids is 1. The van der Waals surface area contributed by atoms with E-state index in [9.17, 15) is 13.2 Å². The average Bonchev–Trinajstić information content (AvgIpc) is 2.84. The number of sulfonamides is 1. The first-order valence-electron chi connectivity index (χ1n) is 5.96. The minimum Gasteiger partial charge on any atom is -0.462 e. The molecule has 0 unspecified atom stereocenters. The maximum absolute atomic E-state index is 12.1. The Morgan fingerprint density at radius 2 is 2.00 bits per heavy atom. The van der Waals surface area contributed by atoms with Gasteiger partial charge in [0.15, 0.2) is 0 Å². The molecule has 0 aliphatic carbocycles. The highest BCUT2D eigenvalue weighted by Gasteiger charge is 2.17. The fourth-order valence-electron chi connectivity index (χ4n) is 1.49. The van der Waals surface area contributed by atoms with Gasteiger partial charge in [-0.1, -0.05) is 5.10 Å². The highest BCUT2D eigenvalue weighted by molar-refractivity contribution is 7.92. The van der Waals surface area contributed by atoms with Gasteiger partial charge in [-0.3, -0.25) is 0 Å². The number of hydrogen-bond acceptors (Lipinski definition) is 7. The van der Waals surface area contributed by atoms with E-state index in [2.05, 4.69) is 20.1 Å². The SMILES string of the molecule is CCOC(=O)c1ccc(S(=O)(=O)Nc2nnn(C)n2)cc1. The summed E-state index contributed by atoms with van der Waals surface area (Å²) in [5.74, 6) is -0.642. The van der Waals surface area contributed by atoms with Gasteiger partial charge in [-0.2, -0.15) is 4.80 Å². The molecule has 0 spiro atoms. The van der Waals surface area contributed by atoms with Crippen LogP contribution in [0.3, 0.4) is 0 Å². The van der Waals surface area contributed by atoms with Crippen molar-refractivity contribution in [1.29, 1.82) is 0 Å². The van der Waals surface area contributed by atoms with Gasteiger partial charge in [0.25, 0.3) is 16.0 Å². The summed E-state index contributed by atoms with van der Waals surface area (Å²) in [6.07, 6.45) is 0. The summed E-state index contributed by atoms with van der Waals surface area (Å²) in [4.78, 5) is 12.6. The molecule has 0 bridgehead atoms. The van der Waals surface area contributed by atoms with E-state index >= 15 is 0 Å². The molecular weight excluding hydrogens is 298 g/mol. The van der Waals surface area contributed by atoms with Crippen LogP contribution in [0.1, 0.15) is 17.3 Å². The van der Waals surface area contributed by atoms with Gasteiger partial charge < -0.3 is 4.74 Å². The number of nitrogens with zero attached hydrogens (tertiary/aromatic N) is 4. The van der Waals surface area contributed by atoms with E-state index in [0.29, 0.717) is 0 Å². The predicted octanol–water partition coefficient (Wildman–Crippen LogP) is 0.188. The highest BCUT2D eigenvalue weighted by Crippen LogP contribution is 2.14. The molecule has 112 valence electrons. The molecule has 2 rings (SSSR count). The van der Waals surface area contributed by atoms with Gasteiger partial charge in [0, 0.05) is 0 Å². The highest BCUT2D eigenvalue weighted by atomic mass is 32.2. The first kappa shape index (κ1) is 14.9. The Hall–Kier alpha value is -2.49. The summed E-state index contributed by atoms with van der Waals surface area (Å²) >= 11 is 0. The van der Waals surface area contributed by atoms with Crippen LogP contribution in [0.4, 0.5) is 5.95 Å². The van der Waals surface area contributed by atoms with E-state index in [1.807, 2.05) is 0 Å². The van der Waals surface area contributed by atoms with Crippen LogP contribution < -0.4 is 4.72 Å². The number of aryl methyl sites for hydroxylation is 1. The summed E-state index contributed by atoms with van der Waals surface area (Å²) in [6, 6.07) is 5.34. The van der Waals surface area contributed by atoms with Crippen molar-refractivity contribution in [3.63, 3.8) is 0 Å². The zero-order chi connectivity index (χ0) is 15.5. The van der Waals surface area contributed by atoms with E-state index in [4.69, 9.17) is 4.74 Å². The van der Waals surface area contributed by atoms with Gasteiger partial charge in [-0.25, -0.2) is 17.9 Å². The van der Waals surface area contributed by atoms with Gasteiger partial charge in [-0.05, 0) is 36.4 Å². The Kier molecular flexibility index (Phi) is 4.17. The molecule has 0 fully saturated rings. The molecule has 1 N–H and O–H groups in total. The molecule has 0 saturated carbocycles. The van der Waals surface area contributed by atoms with Crippen molar-refractivity contribution in [3.05, 3.63) is 29.8 Å².